The number of carbonyl (C=O) groups is 2. The van der Waals surface area contributed by atoms with Crippen LogP contribution in [0.1, 0.15) is 22.8 Å². The highest BCUT2D eigenvalue weighted by Gasteiger charge is 2.36. The van der Waals surface area contributed by atoms with Gasteiger partial charge in [0.15, 0.2) is 0 Å². The summed E-state index contributed by atoms with van der Waals surface area (Å²) in [5.74, 6) is -0.918. The zero-order chi connectivity index (χ0) is 17.2. The number of rotatable bonds is 2. The van der Waals surface area contributed by atoms with E-state index in [-0.39, 0.29) is 37.6 Å². The van der Waals surface area contributed by atoms with Gasteiger partial charge in [-0.2, -0.15) is 13.2 Å². The van der Waals surface area contributed by atoms with Gasteiger partial charge in [-0.05, 0) is 19.1 Å². The molecule has 1 fully saturated rings. The standard InChI is InChI=1S/C15H16ClF3N2O2/c1-10(16)13(22)20-6-8-21(9-7-20)14(23)11-4-2-3-5-12(11)15(17,18)19/h2-5,10H,6-9H2,1H3. The molecule has 126 valence electrons. The summed E-state index contributed by atoms with van der Waals surface area (Å²) in [4.78, 5) is 27.0. The van der Waals surface area contributed by atoms with Gasteiger partial charge in [-0.25, -0.2) is 0 Å². The van der Waals surface area contributed by atoms with E-state index in [2.05, 4.69) is 0 Å². The first kappa shape index (κ1) is 17.6. The maximum absolute atomic E-state index is 13.0. The van der Waals surface area contributed by atoms with Gasteiger partial charge in [0.2, 0.25) is 5.91 Å². The summed E-state index contributed by atoms with van der Waals surface area (Å²) in [5.41, 5.74) is -1.32. The van der Waals surface area contributed by atoms with Crippen LogP contribution in [0.2, 0.25) is 0 Å². The lowest BCUT2D eigenvalue weighted by Gasteiger charge is -2.35. The second kappa shape index (κ2) is 6.78. The first-order valence-corrected chi connectivity index (χ1v) is 7.54. The molecule has 0 N–H and O–H groups in total. The molecule has 1 unspecified atom stereocenters. The first-order chi connectivity index (χ1) is 10.7. The molecule has 0 spiro atoms. The predicted molar refractivity (Wildman–Crippen MR) is 79.2 cm³/mol. The average Bonchev–Trinajstić information content (AvgIpc) is 2.52. The molecule has 0 bridgehead atoms. The first-order valence-electron chi connectivity index (χ1n) is 7.10. The molecule has 23 heavy (non-hydrogen) atoms. The Morgan fingerprint density at radius 3 is 2.13 bits per heavy atom. The van der Waals surface area contributed by atoms with E-state index in [0.717, 1.165) is 6.07 Å². The van der Waals surface area contributed by atoms with Crippen LogP contribution in [0.4, 0.5) is 13.2 Å². The molecule has 4 nitrogen and oxygen atoms in total. The molecule has 1 aliphatic rings. The third-order valence-corrected chi connectivity index (χ3v) is 3.87. The van der Waals surface area contributed by atoms with E-state index < -0.39 is 23.0 Å². The van der Waals surface area contributed by atoms with Crippen LogP contribution >= 0.6 is 11.6 Å². The van der Waals surface area contributed by atoms with Crippen molar-refractivity contribution in [1.82, 2.24) is 9.80 Å². The third kappa shape index (κ3) is 3.96. The summed E-state index contributed by atoms with van der Waals surface area (Å²) in [6.07, 6.45) is -4.59. The Labute approximate surface area is 136 Å². The van der Waals surface area contributed by atoms with Crippen LogP contribution in [0.25, 0.3) is 0 Å². The van der Waals surface area contributed by atoms with E-state index in [9.17, 15) is 22.8 Å². The van der Waals surface area contributed by atoms with E-state index in [4.69, 9.17) is 11.6 Å². The number of halogens is 4. The summed E-state index contributed by atoms with van der Waals surface area (Å²) < 4.78 is 39.0. The van der Waals surface area contributed by atoms with Gasteiger partial charge in [-0.3, -0.25) is 9.59 Å². The van der Waals surface area contributed by atoms with Crippen molar-refractivity contribution in [2.24, 2.45) is 0 Å². The van der Waals surface area contributed by atoms with Gasteiger partial charge < -0.3 is 9.80 Å². The number of carbonyl (C=O) groups excluding carboxylic acids is 2. The van der Waals surface area contributed by atoms with Gasteiger partial charge in [0, 0.05) is 26.2 Å². The van der Waals surface area contributed by atoms with Crippen LogP contribution in [0.5, 0.6) is 0 Å². The van der Waals surface area contributed by atoms with Crippen LogP contribution in [0.3, 0.4) is 0 Å². The lowest BCUT2D eigenvalue weighted by Crippen LogP contribution is -2.52. The highest BCUT2D eigenvalue weighted by atomic mass is 35.5. The topological polar surface area (TPSA) is 40.6 Å². The van der Waals surface area contributed by atoms with Crippen molar-refractivity contribution in [3.8, 4) is 0 Å². The largest absolute Gasteiger partial charge is 0.417 e. The summed E-state index contributed by atoms with van der Waals surface area (Å²) in [5, 5.41) is -0.664. The van der Waals surface area contributed by atoms with Crippen LogP contribution in [-0.4, -0.2) is 53.2 Å². The summed E-state index contributed by atoms with van der Waals surface area (Å²) >= 11 is 5.73. The van der Waals surface area contributed by atoms with Crippen LogP contribution < -0.4 is 0 Å². The molecule has 8 heteroatoms. The minimum atomic E-state index is -4.59. The lowest BCUT2D eigenvalue weighted by atomic mass is 10.1. The highest BCUT2D eigenvalue weighted by molar-refractivity contribution is 6.30. The van der Waals surface area contributed by atoms with Crippen molar-refractivity contribution < 1.29 is 22.8 Å². The van der Waals surface area contributed by atoms with Crippen LogP contribution in [0.15, 0.2) is 24.3 Å². The predicted octanol–water partition coefficient (Wildman–Crippen LogP) is 2.62. The Bertz CT molecular complexity index is 597. The molecule has 1 heterocycles. The fraction of sp³-hybridized carbons (Fsp3) is 0.467. The maximum atomic E-state index is 13.0. The smallest absolute Gasteiger partial charge is 0.338 e. The molecule has 1 atom stereocenters. The van der Waals surface area contributed by atoms with Crippen LogP contribution in [-0.2, 0) is 11.0 Å². The SMILES string of the molecule is CC(Cl)C(=O)N1CCN(C(=O)c2ccccc2C(F)(F)F)CC1. The van der Waals surface area contributed by atoms with E-state index in [0.29, 0.717) is 0 Å². The van der Waals surface area contributed by atoms with Crippen LogP contribution in [0, 0.1) is 0 Å². The molecule has 2 rings (SSSR count). The number of nitrogens with zero attached hydrogens (tertiary/aromatic N) is 2. The Morgan fingerprint density at radius 2 is 1.61 bits per heavy atom. The highest BCUT2D eigenvalue weighted by Crippen LogP contribution is 2.32. The Balaban J connectivity index is 2.11. The summed E-state index contributed by atoms with van der Waals surface area (Å²) in [6, 6.07) is 4.71. The van der Waals surface area contributed by atoms with Crippen molar-refractivity contribution in [2.45, 2.75) is 18.5 Å². The molecule has 0 radical (unpaired) electrons. The number of amides is 2. The van der Waals surface area contributed by atoms with E-state index in [1.165, 1.54) is 28.0 Å². The maximum Gasteiger partial charge on any atom is 0.417 e. The van der Waals surface area contributed by atoms with Gasteiger partial charge in [0.1, 0.15) is 5.38 Å². The molecule has 0 aliphatic carbocycles. The zero-order valence-corrected chi connectivity index (χ0v) is 13.2. The lowest BCUT2D eigenvalue weighted by molar-refractivity contribution is -0.138. The van der Waals surface area contributed by atoms with Crippen molar-refractivity contribution in [3.05, 3.63) is 35.4 Å². The number of hydrogen-bond donors (Lipinski definition) is 0. The summed E-state index contributed by atoms with van der Waals surface area (Å²) in [7, 11) is 0. The van der Waals surface area contributed by atoms with Crippen molar-refractivity contribution >= 4 is 23.4 Å². The molecule has 0 aromatic heterocycles. The van der Waals surface area contributed by atoms with Crippen molar-refractivity contribution in [1.29, 1.82) is 0 Å². The van der Waals surface area contributed by atoms with Gasteiger partial charge in [0.05, 0.1) is 11.1 Å². The Hall–Kier alpha value is -1.76. The van der Waals surface area contributed by atoms with Crippen molar-refractivity contribution in [2.75, 3.05) is 26.2 Å². The average molecular weight is 349 g/mol. The molecular weight excluding hydrogens is 333 g/mol. The second-order valence-corrected chi connectivity index (χ2v) is 5.93. The fourth-order valence-electron chi connectivity index (χ4n) is 2.47. The zero-order valence-electron chi connectivity index (χ0n) is 12.4. The van der Waals surface area contributed by atoms with E-state index in [1.54, 1.807) is 6.92 Å². The summed E-state index contributed by atoms with van der Waals surface area (Å²) in [6.45, 7) is 2.44. The Morgan fingerprint density at radius 1 is 1.09 bits per heavy atom. The number of alkyl halides is 4. The monoisotopic (exact) mass is 348 g/mol. The van der Waals surface area contributed by atoms with E-state index in [1.807, 2.05) is 0 Å². The molecular formula is C15H16ClF3N2O2. The van der Waals surface area contributed by atoms with Gasteiger partial charge in [-0.1, -0.05) is 12.1 Å². The number of benzene rings is 1. The normalized spacial score (nSPS) is 17.1. The third-order valence-electron chi connectivity index (χ3n) is 3.68. The number of piperazine rings is 1. The van der Waals surface area contributed by atoms with Crippen molar-refractivity contribution in [3.63, 3.8) is 0 Å². The van der Waals surface area contributed by atoms with Gasteiger partial charge in [0.25, 0.3) is 5.91 Å². The Kier molecular flexibility index (Phi) is 5.19. The number of hydrogen-bond acceptors (Lipinski definition) is 2. The minimum absolute atomic E-state index is 0.181. The molecule has 1 aromatic carbocycles. The molecule has 1 aromatic rings. The molecule has 1 aliphatic heterocycles. The second-order valence-electron chi connectivity index (χ2n) is 5.28. The molecule has 0 saturated carbocycles. The van der Waals surface area contributed by atoms with Gasteiger partial charge >= 0.3 is 6.18 Å². The molecule has 1 saturated heterocycles. The fourth-order valence-corrected chi connectivity index (χ4v) is 2.61. The van der Waals surface area contributed by atoms with Gasteiger partial charge in [-0.15, -0.1) is 11.6 Å². The van der Waals surface area contributed by atoms with E-state index >= 15 is 0 Å². The minimum Gasteiger partial charge on any atom is -0.338 e. The quantitative estimate of drug-likeness (QED) is 0.771. The molecule has 2 amide bonds.